The maximum atomic E-state index is 12.8. The predicted molar refractivity (Wildman–Crippen MR) is 109 cm³/mol. The third-order valence-corrected chi connectivity index (χ3v) is 4.14. The van der Waals surface area contributed by atoms with Crippen molar-refractivity contribution in [3.05, 3.63) is 65.4 Å². The standard InChI is InChI=1S/C22H24N2O5/c1-15(13-24(2)3)29-22(26)18(23-21(25)17-7-5-4-6-8-17)11-16-9-10-19-20(12-16)28-14-27-19/h4-12,15H,13-14H2,1-3H3,(H,23,25)/b18-11+. The van der Waals surface area contributed by atoms with E-state index in [0.717, 1.165) is 0 Å². The molecular formula is C22H24N2O5. The van der Waals surface area contributed by atoms with Gasteiger partial charge in [-0.3, -0.25) is 4.79 Å². The number of hydrogen-bond acceptors (Lipinski definition) is 6. The fraction of sp³-hybridized carbons (Fsp3) is 0.273. The van der Waals surface area contributed by atoms with Crippen LogP contribution in [0.5, 0.6) is 11.5 Å². The minimum Gasteiger partial charge on any atom is -0.457 e. The monoisotopic (exact) mass is 396 g/mol. The van der Waals surface area contributed by atoms with Gasteiger partial charge in [-0.05, 0) is 56.9 Å². The van der Waals surface area contributed by atoms with Gasteiger partial charge < -0.3 is 24.4 Å². The molecule has 3 rings (SSSR count). The van der Waals surface area contributed by atoms with Crippen LogP contribution in [0.3, 0.4) is 0 Å². The van der Waals surface area contributed by atoms with E-state index in [1.165, 1.54) is 0 Å². The average molecular weight is 396 g/mol. The minimum absolute atomic E-state index is 0.0447. The van der Waals surface area contributed by atoms with E-state index >= 15 is 0 Å². The number of fused-ring (bicyclic) bond motifs is 1. The molecule has 1 aliphatic rings. The summed E-state index contributed by atoms with van der Waals surface area (Å²) in [5, 5.41) is 2.67. The Hall–Kier alpha value is -3.32. The number of rotatable bonds is 7. The lowest BCUT2D eigenvalue weighted by molar-refractivity contribution is -0.144. The largest absolute Gasteiger partial charge is 0.457 e. The normalized spacial score (nSPS) is 13.9. The molecule has 1 atom stereocenters. The van der Waals surface area contributed by atoms with Crippen LogP contribution in [0.2, 0.25) is 0 Å². The third-order valence-electron chi connectivity index (χ3n) is 4.14. The molecule has 152 valence electrons. The van der Waals surface area contributed by atoms with Crippen LogP contribution < -0.4 is 14.8 Å². The molecule has 7 heteroatoms. The van der Waals surface area contributed by atoms with Gasteiger partial charge in [-0.25, -0.2) is 4.79 Å². The van der Waals surface area contributed by atoms with Gasteiger partial charge in [0, 0.05) is 12.1 Å². The summed E-state index contributed by atoms with van der Waals surface area (Å²) in [4.78, 5) is 27.3. The Morgan fingerprint density at radius 2 is 1.86 bits per heavy atom. The van der Waals surface area contributed by atoms with Crippen LogP contribution in [0.1, 0.15) is 22.8 Å². The molecule has 1 amide bonds. The molecular weight excluding hydrogens is 372 g/mol. The fourth-order valence-corrected chi connectivity index (χ4v) is 2.90. The van der Waals surface area contributed by atoms with Gasteiger partial charge in [0.05, 0.1) is 0 Å². The summed E-state index contributed by atoms with van der Waals surface area (Å²) in [5.74, 6) is 0.220. The van der Waals surface area contributed by atoms with E-state index in [-0.39, 0.29) is 18.6 Å². The Morgan fingerprint density at radius 3 is 2.59 bits per heavy atom. The van der Waals surface area contributed by atoms with Crippen LogP contribution in [-0.4, -0.2) is 50.3 Å². The van der Waals surface area contributed by atoms with Gasteiger partial charge >= 0.3 is 5.97 Å². The van der Waals surface area contributed by atoms with Crippen molar-refractivity contribution in [2.24, 2.45) is 0 Å². The molecule has 2 aromatic carbocycles. The van der Waals surface area contributed by atoms with Crippen LogP contribution in [0.15, 0.2) is 54.2 Å². The van der Waals surface area contributed by atoms with Gasteiger partial charge in [-0.15, -0.1) is 0 Å². The number of carbonyl (C=O) groups excluding carboxylic acids is 2. The molecule has 1 aliphatic heterocycles. The van der Waals surface area contributed by atoms with E-state index in [1.807, 2.05) is 25.1 Å². The zero-order valence-electron chi connectivity index (χ0n) is 16.7. The zero-order valence-corrected chi connectivity index (χ0v) is 16.7. The van der Waals surface area contributed by atoms with Crippen molar-refractivity contribution in [1.29, 1.82) is 0 Å². The van der Waals surface area contributed by atoms with E-state index in [2.05, 4.69) is 5.32 Å². The lowest BCUT2D eigenvalue weighted by Gasteiger charge is -2.19. The highest BCUT2D eigenvalue weighted by Gasteiger charge is 2.20. The Kier molecular flexibility index (Phi) is 6.51. The molecule has 0 saturated carbocycles. The highest BCUT2D eigenvalue weighted by atomic mass is 16.7. The third kappa shape index (κ3) is 5.58. The Balaban J connectivity index is 1.84. The van der Waals surface area contributed by atoms with E-state index in [0.29, 0.717) is 29.2 Å². The molecule has 1 unspecified atom stereocenters. The molecule has 1 N–H and O–H groups in total. The van der Waals surface area contributed by atoms with E-state index < -0.39 is 11.9 Å². The number of likely N-dealkylation sites (N-methyl/N-ethyl adjacent to an activating group) is 1. The molecule has 0 aromatic heterocycles. The number of esters is 1. The van der Waals surface area contributed by atoms with Crippen LogP contribution in [0, 0.1) is 0 Å². The molecule has 0 bridgehead atoms. The molecule has 0 fully saturated rings. The van der Waals surface area contributed by atoms with Crippen LogP contribution >= 0.6 is 0 Å². The van der Waals surface area contributed by atoms with Gasteiger partial charge in [0.1, 0.15) is 11.8 Å². The molecule has 1 heterocycles. The second-order valence-electron chi connectivity index (χ2n) is 6.97. The maximum Gasteiger partial charge on any atom is 0.355 e. The SMILES string of the molecule is CC(CN(C)C)OC(=O)/C(=C\c1ccc2c(c1)OCO2)NC(=O)c1ccccc1. The molecule has 0 aliphatic carbocycles. The lowest BCUT2D eigenvalue weighted by atomic mass is 10.1. The molecule has 2 aromatic rings. The second-order valence-corrected chi connectivity index (χ2v) is 6.97. The minimum atomic E-state index is -0.610. The molecule has 29 heavy (non-hydrogen) atoms. The first-order valence-electron chi connectivity index (χ1n) is 9.26. The van der Waals surface area contributed by atoms with E-state index in [4.69, 9.17) is 14.2 Å². The summed E-state index contributed by atoms with van der Waals surface area (Å²) in [6.07, 6.45) is 1.22. The van der Waals surface area contributed by atoms with Crippen molar-refractivity contribution in [3.8, 4) is 11.5 Å². The Labute approximate surface area is 169 Å². The van der Waals surface area contributed by atoms with Gasteiger partial charge in [-0.2, -0.15) is 0 Å². The first kappa shape index (κ1) is 20.4. The van der Waals surface area contributed by atoms with Crippen molar-refractivity contribution in [3.63, 3.8) is 0 Å². The average Bonchev–Trinajstić information content (AvgIpc) is 3.15. The Bertz CT molecular complexity index is 909. The van der Waals surface area contributed by atoms with Crippen LogP contribution in [0.4, 0.5) is 0 Å². The topological polar surface area (TPSA) is 77.1 Å². The van der Waals surface area contributed by atoms with Crippen molar-refractivity contribution < 1.29 is 23.8 Å². The molecule has 7 nitrogen and oxygen atoms in total. The summed E-state index contributed by atoms with van der Waals surface area (Å²) in [7, 11) is 3.79. The smallest absolute Gasteiger partial charge is 0.355 e. The summed E-state index contributed by atoms with van der Waals surface area (Å²) < 4.78 is 16.2. The van der Waals surface area contributed by atoms with Gasteiger partial charge in [0.2, 0.25) is 6.79 Å². The number of benzene rings is 2. The van der Waals surface area contributed by atoms with E-state index in [1.54, 1.807) is 55.5 Å². The fourth-order valence-electron chi connectivity index (χ4n) is 2.90. The number of carbonyl (C=O) groups is 2. The predicted octanol–water partition coefficient (Wildman–Crippen LogP) is 2.68. The summed E-state index contributed by atoms with van der Waals surface area (Å²) in [6, 6.07) is 14.0. The quantitative estimate of drug-likeness (QED) is 0.573. The van der Waals surface area contributed by atoms with E-state index in [9.17, 15) is 9.59 Å². The van der Waals surface area contributed by atoms with Crippen molar-refractivity contribution in [2.75, 3.05) is 27.4 Å². The van der Waals surface area contributed by atoms with Crippen molar-refractivity contribution >= 4 is 18.0 Å². The summed E-state index contributed by atoms with van der Waals surface area (Å²) in [5.41, 5.74) is 1.16. The second kappa shape index (κ2) is 9.25. The number of amides is 1. The molecule has 0 saturated heterocycles. The Morgan fingerprint density at radius 1 is 1.14 bits per heavy atom. The van der Waals surface area contributed by atoms with Crippen molar-refractivity contribution in [1.82, 2.24) is 10.2 Å². The lowest BCUT2D eigenvalue weighted by Crippen LogP contribution is -2.33. The summed E-state index contributed by atoms with van der Waals surface area (Å²) >= 11 is 0. The van der Waals surface area contributed by atoms with Crippen molar-refractivity contribution in [2.45, 2.75) is 13.0 Å². The van der Waals surface area contributed by atoms with Gasteiger partial charge in [-0.1, -0.05) is 24.3 Å². The van der Waals surface area contributed by atoms with Gasteiger partial charge in [0.25, 0.3) is 5.91 Å². The number of ether oxygens (including phenoxy) is 3. The summed E-state index contributed by atoms with van der Waals surface area (Å²) in [6.45, 7) is 2.52. The number of hydrogen-bond donors (Lipinski definition) is 1. The maximum absolute atomic E-state index is 12.8. The zero-order chi connectivity index (χ0) is 20.8. The number of nitrogens with one attached hydrogen (secondary N) is 1. The number of nitrogens with zero attached hydrogens (tertiary/aromatic N) is 1. The van der Waals surface area contributed by atoms with Crippen LogP contribution in [0.25, 0.3) is 6.08 Å². The molecule has 0 spiro atoms. The highest BCUT2D eigenvalue weighted by molar-refractivity contribution is 6.03. The first-order valence-corrected chi connectivity index (χ1v) is 9.26. The van der Waals surface area contributed by atoms with Gasteiger partial charge in [0.15, 0.2) is 11.5 Å². The highest BCUT2D eigenvalue weighted by Crippen LogP contribution is 2.33. The molecule has 0 radical (unpaired) electrons. The van der Waals surface area contributed by atoms with Crippen LogP contribution in [-0.2, 0) is 9.53 Å². The first-order chi connectivity index (χ1) is 13.9.